The van der Waals surface area contributed by atoms with E-state index in [2.05, 4.69) is 4.72 Å². The second-order valence-electron chi connectivity index (χ2n) is 8.47. The molecular formula is C26H27FN2O4S. The molecule has 3 aromatic carbocycles. The van der Waals surface area contributed by atoms with E-state index in [-0.39, 0.29) is 34.0 Å². The molecule has 0 aromatic heterocycles. The monoisotopic (exact) mass is 482 g/mol. The standard InChI is InChI=1S/C26H27FN2O4S/c1-18-8-11-22(12-9-18)28-34(31,32)25-17-20(10-13-24(25)33-2)26(30)29-14-4-7-23(29)16-19-5-3-6-21(27)15-19/h3,5-6,8-13,15,17,23,28H,4,7,14,16H2,1-2H3. The Kier molecular flexibility index (Phi) is 6.88. The number of sulfonamides is 1. The van der Waals surface area contributed by atoms with Crippen molar-refractivity contribution in [2.24, 2.45) is 0 Å². The van der Waals surface area contributed by atoms with Crippen molar-refractivity contribution < 1.29 is 22.3 Å². The fourth-order valence-electron chi connectivity index (χ4n) is 4.27. The molecule has 0 saturated carbocycles. The summed E-state index contributed by atoms with van der Waals surface area (Å²) in [5.41, 5.74) is 2.51. The van der Waals surface area contributed by atoms with Crippen LogP contribution < -0.4 is 9.46 Å². The molecule has 34 heavy (non-hydrogen) atoms. The van der Waals surface area contributed by atoms with Gasteiger partial charge in [0.15, 0.2) is 0 Å². The molecule has 1 aliphatic rings. The average Bonchev–Trinajstić information content (AvgIpc) is 3.27. The second kappa shape index (κ2) is 9.85. The van der Waals surface area contributed by atoms with Crippen molar-refractivity contribution in [1.29, 1.82) is 0 Å². The first-order chi connectivity index (χ1) is 16.3. The van der Waals surface area contributed by atoms with E-state index in [1.54, 1.807) is 41.3 Å². The number of rotatable bonds is 7. The van der Waals surface area contributed by atoms with Gasteiger partial charge in [-0.05, 0) is 74.2 Å². The Morgan fingerprint density at radius 3 is 2.59 bits per heavy atom. The molecule has 8 heteroatoms. The first-order valence-electron chi connectivity index (χ1n) is 11.1. The normalized spacial score (nSPS) is 15.9. The van der Waals surface area contributed by atoms with Crippen LogP contribution in [0, 0.1) is 12.7 Å². The Morgan fingerprint density at radius 1 is 1.12 bits per heavy atom. The fraction of sp³-hybridized carbons (Fsp3) is 0.269. The molecule has 0 bridgehead atoms. The third-order valence-corrected chi connectivity index (χ3v) is 7.40. The third kappa shape index (κ3) is 5.22. The number of carbonyl (C=O) groups excluding carboxylic acids is 1. The van der Waals surface area contributed by atoms with Crippen molar-refractivity contribution in [2.45, 2.75) is 37.1 Å². The maximum absolute atomic E-state index is 13.6. The molecular weight excluding hydrogens is 455 g/mol. The molecule has 4 rings (SSSR count). The van der Waals surface area contributed by atoms with E-state index in [4.69, 9.17) is 4.74 Å². The molecule has 6 nitrogen and oxygen atoms in total. The van der Waals surface area contributed by atoms with Gasteiger partial charge in [-0.25, -0.2) is 12.8 Å². The lowest BCUT2D eigenvalue weighted by Gasteiger charge is -2.25. The van der Waals surface area contributed by atoms with Gasteiger partial charge in [0.1, 0.15) is 16.5 Å². The average molecular weight is 483 g/mol. The third-order valence-electron chi connectivity index (χ3n) is 6.00. The zero-order valence-corrected chi connectivity index (χ0v) is 19.9. The molecule has 1 unspecified atom stereocenters. The first-order valence-corrected chi connectivity index (χ1v) is 12.6. The van der Waals surface area contributed by atoms with E-state index in [0.29, 0.717) is 18.7 Å². The van der Waals surface area contributed by atoms with Crippen LogP contribution in [-0.4, -0.2) is 38.9 Å². The van der Waals surface area contributed by atoms with Gasteiger partial charge in [-0.1, -0.05) is 29.8 Å². The van der Waals surface area contributed by atoms with Gasteiger partial charge in [0.25, 0.3) is 15.9 Å². The van der Waals surface area contributed by atoms with E-state index in [0.717, 1.165) is 24.0 Å². The van der Waals surface area contributed by atoms with Crippen molar-refractivity contribution in [3.63, 3.8) is 0 Å². The van der Waals surface area contributed by atoms with E-state index in [9.17, 15) is 17.6 Å². The summed E-state index contributed by atoms with van der Waals surface area (Å²) >= 11 is 0. The Morgan fingerprint density at radius 2 is 1.88 bits per heavy atom. The molecule has 0 radical (unpaired) electrons. The number of nitrogens with zero attached hydrogens (tertiary/aromatic N) is 1. The van der Waals surface area contributed by atoms with Gasteiger partial charge in [0.05, 0.1) is 7.11 Å². The van der Waals surface area contributed by atoms with Gasteiger partial charge in [-0.3, -0.25) is 9.52 Å². The van der Waals surface area contributed by atoms with Gasteiger partial charge in [-0.15, -0.1) is 0 Å². The number of nitrogens with one attached hydrogen (secondary N) is 1. The van der Waals surface area contributed by atoms with E-state index in [1.165, 1.54) is 31.4 Å². The minimum Gasteiger partial charge on any atom is -0.495 e. The summed E-state index contributed by atoms with van der Waals surface area (Å²) in [7, 11) is -2.62. The topological polar surface area (TPSA) is 75.7 Å². The number of hydrogen-bond donors (Lipinski definition) is 1. The minimum absolute atomic E-state index is 0.0813. The van der Waals surface area contributed by atoms with Crippen LogP contribution in [0.25, 0.3) is 0 Å². The van der Waals surface area contributed by atoms with E-state index < -0.39 is 10.0 Å². The number of amides is 1. The number of aryl methyl sites for hydroxylation is 1. The fourth-order valence-corrected chi connectivity index (χ4v) is 5.52. The van der Waals surface area contributed by atoms with Crippen LogP contribution in [0.5, 0.6) is 5.75 Å². The summed E-state index contributed by atoms with van der Waals surface area (Å²) in [6, 6.07) is 17.7. The van der Waals surface area contributed by atoms with Gasteiger partial charge < -0.3 is 9.64 Å². The maximum Gasteiger partial charge on any atom is 0.265 e. The van der Waals surface area contributed by atoms with Crippen molar-refractivity contribution in [1.82, 2.24) is 4.90 Å². The summed E-state index contributed by atoms with van der Waals surface area (Å²) in [5, 5.41) is 0. The summed E-state index contributed by atoms with van der Waals surface area (Å²) in [5.74, 6) is -0.415. The zero-order valence-electron chi connectivity index (χ0n) is 19.1. The van der Waals surface area contributed by atoms with Crippen molar-refractivity contribution >= 4 is 21.6 Å². The van der Waals surface area contributed by atoms with Crippen molar-refractivity contribution in [3.05, 3.63) is 89.2 Å². The lowest BCUT2D eigenvalue weighted by molar-refractivity contribution is 0.0736. The van der Waals surface area contributed by atoms with Crippen molar-refractivity contribution in [3.8, 4) is 5.75 Å². The van der Waals surface area contributed by atoms with Crippen LogP contribution in [0.4, 0.5) is 10.1 Å². The van der Waals surface area contributed by atoms with Crippen LogP contribution in [0.1, 0.15) is 34.3 Å². The summed E-state index contributed by atoms with van der Waals surface area (Å²) in [6.07, 6.45) is 2.18. The number of hydrogen-bond acceptors (Lipinski definition) is 4. The summed E-state index contributed by atoms with van der Waals surface area (Å²) in [6.45, 7) is 2.48. The Bertz CT molecular complexity index is 1290. The molecule has 1 amide bonds. The molecule has 1 saturated heterocycles. The Balaban J connectivity index is 1.60. The number of anilines is 1. The summed E-state index contributed by atoms with van der Waals surface area (Å²) in [4.78, 5) is 15.0. The molecule has 1 aliphatic heterocycles. The van der Waals surface area contributed by atoms with E-state index >= 15 is 0 Å². The smallest absolute Gasteiger partial charge is 0.265 e. The minimum atomic E-state index is -4.00. The molecule has 0 aliphatic carbocycles. The number of benzene rings is 3. The molecule has 1 N–H and O–H groups in total. The largest absolute Gasteiger partial charge is 0.495 e. The predicted octanol–water partition coefficient (Wildman–Crippen LogP) is 4.79. The van der Waals surface area contributed by atoms with Crippen LogP contribution in [-0.2, 0) is 16.4 Å². The quantitative estimate of drug-likeness (QED) is 0.525. The first kappa shape index (κ1) is 23.8. The maximum atomic E-state index is 13.6. The number of halogens is 1. The van der Waals surface area contributed by atoms with Gasteiger partial charge in [0.2, 0.25) is 0 Å². The molecule has 3 aromatic rings. The lowest BCUT2D eigenvalue weighted by Crippen LogP contribution is -2.37. The number of methoxy groups -OCH3 is 1. The number of carbonyl (C=O) groups is 1. The van der Waals surface area contributed by atoms with Crippen LogP contribution in [0.3, 0.4) is 0 Å². The highest BCUT2D eigenvalue weighted by molar-refractivity contribution is 7.92. The van der Waals surface area contributed by atoms with Gasteiger partial charge in [-0.2, -0.15) is 0 Å². The molecule has 1 heterocycles. The summed E-state index contributed by atoms with van der Waals surface area (Å²) < 4.78 is 47.7. The Labute approximate surface area is 199 Å². The van der Waals surface area contributed by atoms with Crippen molar-refractivity contribution in [2.75, 3.05) is 18.4 Å². The highest BCUT2D eigenvalue weighted by atomic mass is 32.2. The molecule has 1 atom stereocenters. The second-order valence-corrected chi connectivity index (χ2v) is 10.1. The molecule has 0 spiro atoms. The highest BCUT2D eigenvalue weighted by Crippen LogP contribution is 2.30. The van der Waals surface area contributed by atoms with E-state index in [1.807, 2.05) is 13.0 Å². The van der Waals surface area contributed by atoms with Crippen LogP contribution in [0.2, 0.25) is 0 Å². The zero-order chi connectivity index (χ0) is 24.3. The molecule has 178 valence electrons. The SMILES string of the molecule is COc1ccc(C(=O)N2CCCC2Cc2cccc(F)c2)cc1S(=O)(=O)Nc1ccc(C)cc1. The highest BCUT2D eigenvalue weighted by Gasteiger charge is 2.31. The van der Waals surface area contributed by atoms with Crippen LogP contribution in [0.15, 0.2) is 71.6 Å². The number of likely N-dealkylation sites (tertiary alicyclic amines) is 1. The predicted molar refractivity (Wildman–Crippen MR) is 129 cm³/mol. The van der Waals surface area contributed by atoms with Crippen LogP contribution >= 0.6 is 0 Å². The Hall–Kier alpha value is -3.39. The van der Waals surface area contributed by atoms with Gasteiger partial charge >= 0.3 is 0 Å². The van der Waals surface area contributed by atoms with Gasteiger partial charge in [0, 0.05) is 23.8 Å². The number of ether oxygens (including phenoxy) is 1. The lowest BCUT2D eigenvalue weighted by atomic mass is 10.0. The molecule has 1 fully saturated rings.